The number of aldehydes is 1. The number of hydrogen-bond donors (Lipinski definition) is 0. The van der Waals surface area contributed by atoms with Gasteiger partial charge in [-0.05, 0) is 18.2 Å². The van der Waals surface area contributed by atoms with E-state index in [0.717, 1.165) is 0 Å². The van der Waals surface area contributed by atoms with Gasteiger partial charge in [-0.1, -0.05) is 12.1 Å². The number of nitrogens with zero attached hydrogens (tertiary/aromatic N) is 2. The average Bonchev–Trinajstić information content (AvgIpc) is 2.29. The fourth-order valence-electron chi connectivity index (χ4n) is 1.24. The first-order valence-corrected chi connectivity index (χ1v) is 4.34. The van der Waals surface area contributed by atoms with Crippen molar-refractivity contribution in [2.24, 2.45) is 0 Å². The van der Waals surface area contributed by atoms with Crippen LogP contribution in [0.4, 0.5) is 4.39 Å². The smallest absolute Gasteiger partial charge is 0.193 e. The quantitative estimate of drug-likeness (QED) is 0.700. The van der Waals surface area contributed by atoms with E-state index in [1.54, 1.807) is 18.2 Å². The van der Waals surface area contributed by atoms with E-state index in [1.807, 2.05) is 0 Å². The second kappa shape index (κ2) is 3.96. The first-order chi connectivity index (χ1) is 7.29. The minimum Gasteiger partial charge on any atom is -0.294 e. The molecule has 3 nitrogen and oxygen atoms in total. The Morgan fingerprint density at radius 1 is 1.27 bits per heavy atom. The minimum atomic E-state index is -0.334. The Morgan fingerprint density at radius 2 is 2.13 bits per heavy atom. The van der Waals surface area contributed by atoms with Crippen molar-refractivity contribution in [1.82, 2.24) is 9.97 Å². The molecular weight excluding hydrogens is 195 g/mol. The molecule has 74 valence electrons. The summed E-state index contributed by atoms with van der Waals surface area (Å²) in [5, 5.41) is 0. The molecule has 1 heterocycles. The lowest BCUT2D eigenvalue weighted by molar-refractivity contribution is 0.111. The van der Waals surface area contributed by atoms with E-state index in [9.17, 15) is 9.18 Å². The van der Waals surface area contributed by atoms with Gasteiger partial charge in [0.05, 0.1) is 5.69 Å². The third-order valence-electron chi connectivity index (χ3n) is 1.90. The van der Waals surface area contributed by atoms with Gasteiger partial charge in [-0.15, -0.1) is 0 Å². The van der Waals surface area contributed by atoms with E-state index in [0.29, 0.717) is 17.5 Å². The summed E-state index contributed by atoms with van der Waals surface area (Å²) in [7, 11) is 0. The van der Waals surface area contributed by atoms with Crippen molar-refractivity contribution in [3.63, 3.8) is 0 Å². The predicted octanol–water partition coefficient (Wildman–Crippen LogP) is 2.10. The molecular formula is C11H7FN2O. The summed E-state index contributed by atoms with van der Waals surface area (Å²) in [6.45, 7) is 0. The predicted molar refractivity (Wildman–Crippen MR) is 52.8 cm³/mol. The van der Waals surface area contributed by atoms with E-state index in [4.69, 9.17) is 0 Å². The average molecular weight is 202 g/mol. The first kappa shape index (κ1) is 9.45. The highest BCUT2D eigenvalue weighted by atomic mass is 19.1. The summed E-state index contributed by atoms with van der Waals surface area (Å²) >= 11 is 0. The molecule has 0 aliphatic heterocycles. The maximum atomic E-state index is 12.9. The van der Waals surface area contributed by atoms with E-state index in [1.165, 1.54) is 18.3 Å². The van der Waals surface area contributed by atoms with Crippen molar-refractivity contribution >= 4 is 6.29 Å². The van der Waals surface area contributed by atoms with Crippen LogP contribution in [0.3, 0.4) is 0 Å². The monoisotopic (exact) mass is 202 g/mol. The lowest BCUT2D eigenvalue weighted by Gasteiger charge is -2.00. The van der Waals surface area contributed by atoms with Crippen LogP contribution in [0.15, 0.2) is 36.5 Å². The lowest BCUT2D eigenvalue weighted by Crippen LogP contribution is -1.93. The second-order valence-corrected chi connectivity index (χ2v) is 2.93. The molecule has 1 aromatic carbocycles. The first-order valence-electron chi connectivity index (χ1n) is 4.34. The van der Waals surface area contributed by atoms with Gasteiger partial charge >= 0.3 is 0 Å². The lowest BCUT2D eigenvalue weighted by atomic mass is 10.1. The molecule has 0 aliphatic carbocycles. The summed E-state index contributed by atoms with van der Waals surface area (Å²) in [5.41, 5.74) is 1.16. The highest BCUT2D eigenvalue weighted by molar-refractivity contribution is 5.70. The van der Waals surface area contributed by atoms with Crippen LogP contribution in [0.5, 0.6) is 0 Å². The molecule has 1 aromatic heterocycles. The SMILES string of the molecule is O=Cc1nccc(-c2cccc(F)c2)n1. The maximum Gasteiger partial charge on any atom is 0.193 e. The Balaban J connectivity index is 2.49. The Labute approximate surface area is 85.6 Å². The van der Waals surface area contributed by atoms with Crippen LogP contribution in [0, 0.1) is 5.82 Å². The number of carbonyl (C=O) groups excluding carboxylic acids is 1. The number of benzene rings is 1. The molecule has 4 heteroatoms. The van der Waals surface area contributed by atoms with Gasteiger partial charge < -0.3 is 0 Å². The highest BCUT2D eigenvalue weighted by Crippen LogP contribution is 2.16. The highest BCUT2D eigenvalue weighted by Gasteiger charge is 2.02. The van der Waals surface area contributed by atoms with Gasteiger partial charge in [-0.25, -0.2) is 14.4 Å². The standard InChI is InChI=1S/C11H7FN2O/c12-9-3-1-2-8(6-9)10-4-5-13-11(7-15)14-10/h1-7H. The Morgan fingerprint density at radius 3 is 2.87 bits per heavy atom. The van der Waals surface area contributed by atoms with Crippen LogP contribution >= 0.6 is 0 Å². The molecule has 2 aromatic rings. The number of halogens is 1. The summed E-state index contributed by atoms with van der Waals surface area (Å²) in [6.07, 6.45) is 2.03. The molecule has 0 bridgehead atoms. The molecule has 0 aliphatic rings. The maximum absolute atomic E-state index is 12.9. The molecule has 0 saturated carbocycles. The molecule has 0 saturated heterocycles. The Kier molecular flexibility index (Phi) is 2.49. The molecule has 15 heavy (non-hydrogen) atoms. The molecule has 0 fully saturated rings. The van der Waals surface area contributed by atoms with Crippen molar-refractivity contribution in [3.05, 3.63) is 48.2 Å². The van der Waals surface area contributed by atoms with Crippen LogP contribution in [0.25, 0.3) is 11.3 Å². The van der Waals surface area contributed by atoms with E-state index >= 15 is 0 Å². The largest absolute Gasteiger partial charge is 0.294 e. The van der Waals surface area contributed by atoms with E-state index in [2.05, 4.69) is 9.97 Å². The van der Waals surface area contributed by atoms with Gasteiger partial charge in [-0.3, -0.25) is 4.79 Å². The van der Waals surface area contributed by atoms with Crippen LogP contribution < -0.4 is 0 Å². The molecule has 0 radical (unpaired) electrons. The normalized spacial score (nSPS) is 9.93. The van der Waals surface area contributed by atoms with Gasteiger partial charge in [0.25, 0.3) is 0 Å². The van der Waals surface area contributed by atoms with Gasteiger partial charge in [0.1, 0.15) is 5.82 Å². The molecule has 0 N–H and O–H groups in total. The fraction of sp³-hybridized carbons (Fsp3) is 0. The molecule has 0 unspecified atom stereocenters. The molecule has 2 rings (SSSR count). The van der Waals surface area contributed by atoms with Crippen LogP contribution in [-0.4, -0.2) is 16.3 Å². The van der Waals surface area contributed by atoms with Crippen LogP contribution in [0.1, 0.15) is 10.6 Å². The number of carbonyl (C=O) groups is 1. The zero-order chi connectivity index (χ0) is 10.7. The van der Waals surface area contributed by atoms with Crippen molar-refractivity contribution < 1.29 is 9.18 Å². The van der Waals surface area contributed by atoms with Gasteiger partial charge in [0.2, 0.25) is 0 Å². The molecule has 0 atom stereocenters. The van der Waals surface area contributed by atoms with Crippen LogP contribution in [0.2, 0.25) is 0 Å². The second-order valence-electron chi connectivity index (χ2n) is 2.93. The summed E-state index contributed by atoms with van der Waals surface area (Å²) in [4.78, 5) is 18.1. The molecule has 0 amide bonds. The summed E-state index contributed by atoms with van der Waals surface area (Å²) < 4.78 is 12.9. The summed E-state index contributed by atoms with van der Waals surface area (Å²) in [5.74, 6) is -0.240. The van der Waals surface area contributed by atoms with Crippen molar-refractivity contribution in [2.75, 3.05) is 0 Å². The zero-order valence-electron chi connectivity index (χ0n) is 7.72. The number of rotatable bonds is 2. The molecule has 0 spiro atoms. The van der Waals surface area contributed by atoms with Gasteiger partial charge in [-0.2, -0.15) is 0 Å². The van der Waals surface area contributed by atoms with E-state index < -0.39 is 0 Å². The minimum absolute atomic E-state index is 0.0942. The summed E-state index contributed by atoms with van der Waals surface area (Å²) in [6, 6.07) is 7.65. The third-order valence-corrected chi connectivity index (χ3v) is 1.90. The van der Waals surface area contributed by atoms with Crippen molar-refractivity contribution in [1.29, 1.82) is 0 Å². The zero-order valence-corrected chi connectivity index (χ0v) is 7.72. The van der Waals surface area contributed by atoms with Crippen molar-refractivity contribution in [2.45, 2.75) is 0 Å². The van der Waals surface area contributed by atoms with Gasteiger partial charge in [0.15, 0.2) is 12.1 Å². The Hall–Kier alpha value is -2.10. The number of hydrogen-bond acceptors (Lipinski definition) is 3. The van der Waals surface area contributed by atoms with Crippen LogP contribution in [-0.2, 0) is 0 Å². The topological polar surface area (TPSA) is 42.9 Å². The van der Waals surface area contributed by atoms with E-state index in [-0.39, 0.29) is 11.6 Å². The van der Waals surface area contributed by atoms with Gasteiger partial charge in [0, 0.05) is 11.8 Å². The van der Waals surface area contributed by atoms with Crippen molar-refractivity contribution in [3.8, 4) is 11.3 Å². The third kappa shape index (κ3) is 2.04. The number of aromatic nitrogens is 2. The Bertz CT molecular complexity index is 499. The fourth-order valence-corrected chi connectivity index (χ4v) is 1.24.